The summed E-state index contributed by atoms with van der Waals surface area (Å²) in [4.78, 5) is 13.2. The van der Waals surface area contributed by atoms with Crippen molar-refractivity contribution in [3.05, 3.63) is 12.7 Å². The molecule has 3 unspecified atom stereocenters. The molecule has 5 N–H and O–H groups in total. The van der Waals surface area contributed by atoms with Crippen LogP contribution in [0.5, 0.6) is 0 Å². The zero-order valence-electron chi connectivity index (χ0n) is 18.0. The number of carbonyl (C=O) groups is 1. The molecule has 0 saturated carbocycles. The fourth-order valence-electron chi connectivity index (χ4n) is 4.92. The number of rotatable bonds is 7. The predicted molar refractivity (Wildman–Crippen MR) is 120 cm³/mol. The summed E-state index contributed by atoms with van der Waals surface area (Å²) in [6, 6.07) is -1.29. The van der Waals surface area contributed by atoms with Gasteiger partial charge >= 0.3 is 0 Å². The van der Waals surface area contributed by atoms with Gasteiger partial charge in [-0.05, 0) is 44.3 Å². The molecular formula is C21H35ClN2O6S. The van der Waals surface area contributed by atoms with Crippen molar-refractivity contribution in [1.29, 1.82) is 0 Å². The molecule has 3 aliphatic heterocycles. The van der Waals surface area contributed by atoms with Gasteiger partial charge in [0.2, 0.25) is 5.91 Å². The summed E-state index contributed by atoms with van der Waals surface area (Å²) in [5.74, 6) is 0.475. The first kappa shape index (κ1) is 25.2. The third kappa shape index (κ3) is 5.58. The quantitative estimate of drug-likeness (QED) is 0.260. The summed E-state index contributed by atoms with van der Waals surface area (Å²) in [5.41, 5.74) is -0.737. The number of aliphatic hydroxyl groups is 3. The lowest BCUT2D eigenvalue weighted by Crippen LogP contribution is -2.65. The van der Waals surface area contributed by atoms with Gasteiger partial charge in [-0.1, -0.05) is 6.08 Å². The van der Waals surface area contributed by atoms with Crippen LogP contribution in [0.4, 0.5) is 0 Å². The molecule has 1 amide bonds. The molecule has 0 radical (unpaired) electrons. The molecule has 31 heavy (non-hydrogen) atoms. The number of halogens is 1. The molecule has 3 aliphatic rings. The fourth-order valence-corrected chi connectivity index (χ4v) is 5.80. The number of hydrogen-bond donors (Lipinski definition) is 5. The van der Waals surface area contributed by atoms with Gasteiger partial charge in [0.1, 0.15) is 35.9 Å². The van der Waals surface area contributed by atoms with Gasteiger partial charge in [0.15, 0.2) is 0 Å². The van der Waals surface area contributed by atoms with Gasteiger partial charge < -0.3 is 35.4 Å². The van der Waals surface area contributed by atoms with E-state index in [0.717, 1.165) is 19.3 Å². The third-order valence-corrected chi connectivity index (χ3v) is 7.77. The molecule has 3 rings (SSSR count). The van der Waals surface area contributed by atoms with Gasteiger partial charge in [-0.25, -0.2) is 0 Å². The Balaban J connectivity index is 1.69. The van der Waals surface area contributed by atoms with E-state index >= 15 is 0 Å². The van der Waals surface area contributed by atoms with E-state index in [1.165, 1.54) is 11.8 Å². The second kappa shape index (κ2) is 11.2. The van der Waals surface area contributed by atoms with E-state index in [9.17, 15) is 20.1 Å². The number of alkyl halides is 1. The highest BCUT2D eigenvalue weighted by Crippen LogP contribution is 2.33. The number of hydrogen-bond acceptors (Lipinski definition) is 8. The minimum absolute atomic E-state index is 0.232. The first-order chi connectivity index (χ1) is 14.8. The highest BCUT2D eigenvalue weighted by molar-refractivity contribution is 7.99. The number of carbonyl (C=O) groups excluding carboxylic acids is 1. The molecular weight excluding hydrogens is 444 g/mol. The molecule has 11 atom stereocenters. The second-order valence-corrected chi connectivity index (χ2v) is 10.4. The van der Waals surface area contributed by atoms with Crippen molar-refractivity contribution >= 4 is 29.3 Å². The monoisotopic (exact) mass is 478 g/mol. The lowest BCUT2D eigenvalue weighted by molar-refractivity contribution is -0.205. The molecule has 0 aromatic rings. The molecule has 3 saturated heterocycles. The number of allylic oxidation sites excluding steroid dienone is 1. The van der Waals surface area contributed by atoms with Gasteiger partial charge in [-0.3, -0.25) is 4.79 Å². The Labute approximate surface area is 193 Å². The zero-order chi connectivity index (χ0) is 22.7. The van der Waals surface area contributed by atoms with Gasteiger partial charge in [0.25, 0.3) is 0 Å². The maximum absolute atomic E-state index is 13.2. The van der Waals surface area contributed by atoms with Crippen LogP contribution in [0.1, 0.15) is 26.2 Å². The number of thioether (sulfide) groups is 1. The van der Waals surface area contributed by atoms with Gasteiger partial charge in [0.05, 0.1) is 17.5 Å². The third-order valence-electron chi connectivity index (χ3n) is 6.64. The predicted octanol–water partition coefficient (Wildman–Crippen LogP) is 0.228. The summed E-state index contributed by atoms with van der Waals surface area (Å²) in [7, 11) is 0. The Kier molecular flexibility index (Phi) is 9.08. The lowest BCUT2D eigenvalue weighted by Gasteiger charge is -2.44. The molecule has 178 valence electrons. The van der Waals surface area contributed by atoms with Crippen LogP contribution < -0.4 is 10.6 Å². The van der Waals surface area contributed by atoms with Crippen LogP contribution >= 0.6 is 23.4 Å². The van der Waals surface area contributed by atoms with E-state index in [0.29, 0.717) is 19.1 Å². The molecule has 0 aliphatic carbocycles. The largest absolute Gasteiger partial charge is 0.388 e. The molecule has 0 aromatic carbocycles. The van der Waals surface area contributed by atoms with E-state index in [1.807, 2.05) is 6.08 Å². The van der Waals surface area contributed by atoms with Gasteiger partial charge in [-0.15, -0.1) is 29.9 Å². The second-order valence-electron chi connectivity index (χ2n) is 8.78. The Morgan fingerprint density at radius 3 is 2.74 bits per heavy atom. The molecule has 3 heterocycles. The number of aliphatic hydroxyl groups excluding tert-OH is 3. The van der Waals surface area contributed by atoms with Crippen molar-refractivity contribution in [2.75, 3.05) is 19.4 Å². The van der Waals surface area contributed by atoms with E-state index in [-0.39, 0.29) is 17.9 Å². The zero-order valence-corrected chi connectivity index (χ0v) is 19.6. The smallest absolute Gasteiger partial charge is 0.240 e. The van der Waals surface area contributed by atoms with Crippen LogP contribution in [0.15, 0.2) is 12.7 Å². The Hall–Kier alpha value is -0.390. The Bertz CT molecular complexity index is 627. The number of ether oxygens (including phenoxy) is 2. The summed E-state index contributed by atoms with van der Waals surface area (Å²) in [6.45, 7) is 6.83. The van der Waals surface area contributed by atoms with Gasteiger partial charge in [-0.2, -0.15) is 0 Å². The van der Waals surface area contributed by atoms with E-state index < -0.39 is 47.3 Å². The van der Waals surface area contributed by atoms with Gasteiger partial charge in [0, 0.05) is 13.2 Å². The maximum atomic E-state index is 13.2. The Morgan fingerprint density at radius 2 is 2.10 bits per heavy atom. The first-order valence-corrected chi connectivity index (χ1v) is 12.6. The van der Waals surface area contributed by atoms with Crippen molar-refractivity contribution in [2.45, 2.75) is 79.6 Å². The molecule has 3 fully saturated rings. The van der Waals surface area contributed by atoms with Crippen molar-refractivity contribution in [3.8, 4) is 0 Å². The fraction of sp³-hybridized carbons (Fsp3) is 0.857. The molecule has 0 aromatic heterocycles. The lowest BCUT2D eigenvalue weighted by atomic mass is 9.88. The first-order valence-electron chi connectivity index (χ1n) is 10.9. The summed E-state index contributed by atoms with van der Waals surface area (Å²) >= 11 is 7.59. The molecule has 10 heteroatoms. The maximum Gasteiger partial charge on any atom is 0.240 e. The van der Waals surface area contributed by atoms with Crippen LogP contribution in [0.3, 0.4) is 0 Å². The number of fused-ring (bicyclic) bond motifs is 1. The minimum Gasteiger partial charge on any atom is -0.388 e. The van der Waals surface area contributed by atoms with Crippen LogP contribution in [0, 0.1) is 11.8 Å². The van der Waals surface area contributed by atoms with Crippen LogP contribution in [-0.2, 0) is 14.3 Å². The van der Waals surface area contributed by atoms with E-state index in [1.54, 1.807) is 13.2 Å². The normalized spacial score (nSPS) is 42.8. The molecule has 0 bridgehead atoms. The van der Waals surface area contributed by atoms with Crippen molar-refractivity contribution in [1.82, 2.24) is 10.6 Å². The summed E-state index contributed by atoms with van der Waals surface area (Å²) < 4.78 is 11.9. The number of nitrogens with one attached hydrogen (secondary N) is 2. The standard InChI is InChI=1S/C21H35ClN2O6S/c1-4-5-11-6-7-29-18-12(8-11)9-23-14(18)20(28)24-13(10(2)22)19-16(26)15(25)17(27)21(30-19)31-3/h4,10-19,21,23,25-27H,1,5-9H2,2-3H3,(H,24,28)/t10-,11+,12-,13+,14-,15?,16?,17+,18+,19+,21?/m0/s1. The van der Waals surface area contributed by atoms with Crippen molar-refractivity contribution < 1.29 is 29.6 Å². The van der Waals surface area contributed by atoms with Crippen LogP contribution in [0.25, 0.3) is 0 Å². The van der Waals surface area contributed by atoms with Crippen LogP contribution in [0.2, 0.25) is 0 Å². The highest BCUT2D eigenvalue weighted by Gasteiger charge is 2.49. The topological polar surface area (TPSA) is 120 Å². The highest BCUT2D eigenvalue weighted by atomic mass is 35.5. The average Bonchev–Trinajstić information content (AvgIpc) is 3.02. The number of amides is 1. The summed E-state index contributed by atoms with van der Waals surface area (Å²) in [5, 5.41) is 36.5. The molecule has 8 nitrogen and oxygen atoms in total. The summed E-state index contributed by atoms with van der Waals surface area (Å²) in [6.07, 6.45) is 1.34. The minimum atomic E-state index is -1.40. The molecule has 0 spiro atoms. The SMILES string of the molecule is C=CC[C@@H]1CCO[C@@H]2[C@H](CN[C@@H]2C(=O)N[C@H]([C@H](C)Cl)[C@H]2OC(SC)[C@H](O)C(O)C2O)C1. The van der Waals surface area contributed by atoms with Crippen molar-refractivity contribution in [3.63, 3.8) is 0 Å². The Morgan fingerprint density at radius 1 is 1.35 bits per heavy atom. The van der Waals surface area contributed by atoms with E-state index in [2.05, 4.69) is 17.2 Å². The average molecular weight is 479 g/mol. The van der Waals surface area contributed by atoms with Crippen molar-refractivity contribution in [2.24, 2.45) is 11.8 Å². The van der Waals surface area contributed by atoms with E-state index in [4.69, 9.17) is 21.1 Å². The van der Waals surface area contributed by atoms with Crippen LogP contribution in [-0.4, -0.2) is 94.1 Å².